The number of carbonyl (C=O) groups excluding carboxylic acids is 1. The van der Waals surface area contributed by atoms with E-state index in [1.165, 1.54) is 38.5 Å². The van der Waals surface area contributed by atoms with Gasteiger partial charge in [-0.3, -0.25) is 4.79 Å². The molecule has 1 amide bonds. The summed E-state index contributed by atoms with van der Waals surface area (Å²) in [4.78, 5) is 15.1. The van der Waals surface area contributed by atoms with Gasteiger partial charge in [-0.05, 0) is 51.1 Å². The number of ether oxygens (including phenoxy) is 1. The highest BCUT2D eigenvalue weighted by Gasteiger charge is 2.15. The second-order valence-corrected chi connectivity index (χ2v) is 8.44. The number of unbranched alkanes of at least 4 members (excludes halogenated alkanes) is 4. The molecule has 0 saturated carbocycles. The molecule has 31 heavy (non-hydrogen) atoms. The number of nitrogens with one attached hydrogen (secondary N) is 1. The fourth-order valence-electron chi connectivity index (χ4n) is 3.45. The van der Waals surface area contributed by atoms with Crippen molar-refractivity contribution >= 4 is 17.5 Å². The number of rotatable bonds is 15. The molecule has 1 aromatic carbocycles. The predicted molar refractivity (Wildman–Crippen MR) is 127 cm³/mol. The number of hydrogen-bond acceptors (Lipinski definition) is 4. The largest absolute Gasteiger partial charge is 0.470 e. The summed E-state index contributed by atoms with van der Waals surface area (Å²) >= 11 is 6.10. The molecule has 0 aliphatic heterocycles. The minimum absolute atomic E-state index is 0.0558. The molecule has 172 valence electrons. The average Bonchev–Trinajstić information content (AvgIpc) is 3.22. The molecule has 1 N–H and O–H groups in total. The van der Waals surface area contributed by atoms with E-state index in [0.29, 0.717) is 16.5 Å². The Hall–Kier alpha value is -2.05. The van der Waals surface area contributed by atoms with Crippen molar-refractivity contribution in [1.82, 2.24) is 20.0 Å². The van der Waals surface area contributed by atoms with Crippen LogP contribution in [0.15, 0.2) is 36.5 Å². The maximum Gasteiger partial charge on any atom is 0.272 e. The molecule has 1 heterocycles. The van der Waals surface area contributed by atoms with Gasteiger partial charge < -0.3 is 15.0 Å². The molecule has 0 saturated heterocycles. The van der Waals surface area contributed by atoms with Gasteiger partial charge in [0.2, 0.25) is 0 Å². The molecule has 0 radical (unpaired) electrons. The quantitative estimate of drug-likeness (QED) is 0.372. The zero-order chi connectivity index (χ0) is 22.5. The van der Waals surface area contributed by atoms with E-state index in [-0.39, 0.29) is 18.7 Å². The molecular formula is C24H37ClN4O2. The van der Waals surface area contributed by atoms with Crippen molar-refractivity contribution in [2.24, 2.45) is 0 Å². The Morgan fingerprint density at radius 2 is 1.81 bits per heavy atom. The molecule has 2 aromatic rings. The zero-order valence-electron chi connectivity index (χ0n) is 19.1. The molecule has 7 heteroatoms. The Kier molecular flexibility index (Phi) is 11.5. The lowest BCUT2D eigenvalue weighted by molar-refractivity contribution is 0.0921. The van der Waals surface area contributed by atoms with Crippen LogP contribution in [0.2, 0.25) is 5.02 Å². The molecule has 0 aliphatic carbocycles. The molecule has 1 unspecified atom stereocenters. The number of halogens is 1. The van der Waals surface area contributed by atoms with Crippen LogP contribution in [0.4, 0.5) is 0 Å². The first-order valence-electron chi connectivity index (χ1n) is 11.5. The van der Waals surface area contributed by atoms with Gasteiger partial charge in [0.25, 0.3) is 5.91 Å². The average molecular weight is 449 g/mol. The van der Waals surface area contributed by atoms with Crippen LogP contribution in [0.25, 0.3) is 0 Å². The number of aromatic nitrogens is 2. The fraction of sp³-hybridized carbons (Fsp3) is 0.583. The van der Waals surface area contributed by atoms with Gasteiger partial charge in [0.05, 0.1) is 5.02 Å². The number of para-hydroxylation sites is 1. The smallest absolute Gasteiger partial charge is 0.272 e. The Labute approximate surface area is 191 Å². The second kappa shape index (κ2) is 14.1. The summed E-state index contributed by atoms with van der Waals surface area (Å²) in [7, 11) is 0. The summed E-state index contributed by atoms with van der Waals surface area (Å²) in [5.74, 6) is 0.427. The van der Waals surface area contributed by atoms with Crippen molar-refractivity contribution in [2.45, 2.75) is 72.1 Å². The molecule has 1 aromatic heterocycles. The van der Waals surface area contributed by atoms with E-state index < -0.39 is 0 Å². The van der Waals surface area contributed by atoms with Crippen LogP contribution in [0.3, 0.4) is 0 Å². The van der Waals surface area contributed by atoms with Crippen molar-refractivity contribution < 1.29 is 9.53 Å². The standard InChI is InChI=1S/C24H37ClN4O2/c1-4-6-10-15-28(16-11-7-5-2)18-20(3)26-24(30)22-14-17-29(27-22)19-31-23-13-9-8-12-21(23)25/h8-9,12-14,17,20H,4-7,10-11,15-16,18-19H2,1-3H3,(H,26,30). The van der Waals surface area contributed by atoms with E-state index in [1.807, 2.05) is 12.1 Å². The fourth-order valence-corrected chi connectivity index (χ4v) is 3.64. The van der Waals surface area contributed by atoms with E-state index >= 15 is 0 Å². The topological polar surface area (TPSA) is 59.4 Å². The Morgan fingerprint density at radius 1 is 1.13 bits per heavy atom. The van der Waals surface area contributed by atoms with Crippen molar-refractivity contribution in [3.63, 3.8) is 0 Å². The second-order valence-electron chi connectivity index (χ2n) is 8.03. The summed E-state index contributed by atoms with van der Waals surface area (Å²) in [6, 6.07) is 9.04. The molecule has 0 spiro atoms. The summed E-state index contributed by atoms with van der Waals surface area (Å²) in [5.41, 5.74) is 0.387. The van der Waals surface area contributed by atoms with Crippen LogP contribution < -0.4 is 10.1 Å². The molecule has 2 rings (SSSR count). The molecule has 0 aliphatic rings. The maximum atomic E-state index is 12.6. The summed E-state index contributed by atoms with van der Waals surface area (Å²) in [6.45, 7) is 9.73. The lowest BCUT2D eigenvalue weighted by atomic mass is 10.2. The molecule has 1 atom stereocenters. The summed E-state index contributed by atoms with van der Waals surface area (Å²) in [5, 5.41) is 7.96. The minimum atomic E-state index is -0.161. The van der Waals surface area contributed by atoms with Crippen molar-refractivity contribution in [3.8, 4) is 5.75 Å². The van der Waals surface area contributed by atoms with Crippen molar-refractivity contribution in [3.05, 3.63) is 47.2 Å². The summed E-state index contributed by atoms with van der Waals surface area (Å²) < 4.78 is 7.26. The Balaban J connectivity index is 1.83. The lowest BCUT2D eigenvalue weighted by Crippen LogP contribution is -2.42. The Bertz CT molecular complexity index is 770. The van der Waals surface area contributed by atoms with Gasteiger partial charge in [-0.15, -0.1) is 0 Å². The van der Waals surface area contributed by atoms with Crippen LogP contribution >= 0.6 is 11.6 Å². The van der Waals surface area contributed by atoms with E-state index in [9.17, 15) is 4.79 Å². The predicted octanol–water partition coefficient (Wildman–Crippen LogP) is 5.37. The number of benzene rings is 1. The summed E-state index contributed by atoms with van der Waals surface area (Å²) in [6.07, 6.45) is 9.09. The normalized spacial score (nSPS) is 12.2. The monoisotopic (exact) mass is 448 g/mol. The highest BCUT2D eigenvalue weighted by atomic mass is 35.5. The van der Waals surface area contributed by atoms with Gasteiger partial charge >= 0.3 is 0 Å². The molecular weight excluding hydrogens is 412 g/mol. The third-order valence-electron chi connectivity index (χ3n) is 5.13. The lowest BCUT2D eigenvalue weighted by Gasteiger charge is -2.26. The molecule has 0 bridgehead atoms. The SMILES string of the molecule is CCCCCN(CCCCC)CC(C)NC(=O)c1ccn(COc2ccccc2Cl)n1. The third kappa shape index (κ3) is 9.32. The minimum Gasteiger partial charge on any atom is -0.470 e. The van der Waals surface area contributed by atoms with E-state index in [4.69, 9.17) is 16.3 Å². The first kappa shape index (κ1) is 25.2. The van der Waals surface area contributed by atoms with Gasteiger partial charge in [0, 0.05) is 18.8 Å². The van der Waals surface area contributed by atoms with Crippen LogP contribution in [0, 0.1) is 0 Å². The van der Waals surface area contributed by atoms with Crippen LogP contribution in [-0.2, 0) is 6.73 Å². The molecule has 6 nitrogen and oxygen atoms in total. The number of carbonyl (C=O) groups is 1. The number of nitrogens with zero attached hydrogens (tertiary/aromatic N) is 3. The first-order valence-corrected chi connectivity index (χ1v) is 11.8. The maximum absolute atomic E-state index is 12.6. The van der Waals surface area contributed by atoms with Crippen LogP contribution in [0.1, 0.15) is 69.8 Å². The zero-order valence-corrected chi connectivity index (χ0v) is 19.9. The highest BCUT2D eigenvalue weighted by Crippen LogP contribution is 2.23. The molecule has 0 fully saturated rings. The van der Waals surface area contributed by atoms with Gasteiger partial charge in [-0.25, -0.2) is 4.68 Å². The third-order valence-corrected chi connectivity index (χ3v) is 5.44. The van der Waals surface area contributed by atoms with Crippen molar-refractivity contribution in [2.75, 3.05) is 19.6 Å². The van der Waals surface area contributed by atoms with Gasteiger partial charge in [-0.1, -0.05) is 63.3 Å². The van der Waals surface area contributed by atoms with E-state index in [1.54, 1.807) is 29.1 Å². The van der Waals surface area contributed by atoms with Gasteiger partial charge in [0.1, 0.15) is 11.4 Å². The van der Waals surface area contributed by atoms with Gasteiger partial charge in [0.15, 0.2) is 6.73 Å². The first-order chi connectivity index (χ1) is 15.0. The van der Waals surface area contributed by atoms with E-state index in [2.05, 4.69) is 36.1 Å². The van der Waals surface area contributed by atoms with Crippen LogP contribution in [0.5, 0.6) is 5.75 Å². The Morgan fingerprint density at radius 3 is 2.45 bits per heavy atom. The van der Waals surface area contributed by atoms with Gasteiger partial charge in [-0.2, -0.15) is 5.10 Å². The highest BCUT2D eigenvalue weighted by molar-refractivity contribution is 6.32. The number of amides is 1. The van der Waals surface area contributed by atoms with Crippen LogP contribution in [-0.4, -0.2) is 46.3 Å². The van der Waals surface area contributed by atoms with E-state index in [0.717, 1.165) is 19.6 Å². The van der Waals surface area contributed by atoms with Crippen molar-refractivity contribution in [1.29, 1.82) is 0 Å². The number of hydrogen-bond donors (Lipinski definition) is 1.